The lowest BCUT2D eigenvalue weighted by molar-refractivity contribution is -0.384. The third-order valence-corrected chi connectivity index (χ3v) is 6.76. The fraction of sp³-hybridized carbons (Fsp3) is 0.273. The first kappa shape index (κ1) is 23.4. The Balaban J connectivity index is 1.62. The van der Waals surface area contributed by atoms with Gasteiger partial charge in [-0.3, -0.25) is 25.0 Å². The summed E-state index contributed by atoms with van der Waals surface area (Å²) in [5.41, 5.74) is 1.63. The zero-order chi connectivity index (χ0) is 24.4. The van der Waals surface area contributed by atoms with E-state index in [-0.39, 0.29) is 16.9 Å². The second kappa shape index (κ2) is 9.61. The van der Waals surface area contributed by atoms with Gasteiger partial charge in [0.25, 0.3) is 17.3 Å². The number of non-ortho nitro benzene ring substituents is 1. The Kier molecular flexibility index (Phi) is 6.61. The van der Waals surface area contributed by atoms with Gasteiger partial charge in [0, 0.05) is 41.7 Å². The average molecular weight is 484 g/mol. The minimum atomic E-state index is -0.487. The van der Waals surface area contributed by atoms with Gasteiger partial charge in [-0.05, 0) is 38.1 Å². The van der Waals surface area contributed by atoms with Crippen LogP contribution in [0.3, 0.4) is 0 Å². The quantitative estimate of drug-likeness (QED) is 0.377. The summed E-state index contributed by atoms with van der Waals surface area (Å²) in [5.74, 6) is -0.479. The molecule has 1 aliphatic heterocycles. The van der Waals surface area contributed by atoms with Gasteiger partial charge in [0.1, 0.15) is 5.69 Å². The molecule has 4 rings (SSSR count). The van der Waals surface area contributed by atoms with Gasteiger partial charge in [0.2, 0.25) is 0 Å². The maximum absolute atomic E-state index is 13.2. The molecule has 2 heterocycles. The van der Waals surface area contributed by atoms with E-state index < -0.39 is 15.8 Å². The number of aromatic nitrogens is 2. The van der Waals surface area contributed by atoms with E-state index in [0.717, 1.165) is 9.79 Å². The number of nitrogens with zero attached hydrogens (tertiary/aromatic N) is 5. The first-order valence-electron chi connectivity index (χ1n) is 10.4. The molecule has 0 atom stereocenters. The van der Waals surface area contributed by atoms with Crippen molar-refractivity contribution in [2.45, 2.75) is 23.6 Å². The Labute approximate surface area is 198 Å². The minimum absolute atomic E-state index is 0.00853. The molecule has 0 amide bonds. The molecule has 0 spiro atoms. The molecule has 176 valence electrons. The Bertz CT molecular complexity index is 1270. The second-order valence-electron chi connectivity index (χ2n) is 7.63. The Morgan fingerprint density at radius 1 is 1.03 bits per heavy atom. The number of aryl methyl sites for hydroxylation is 1. The fourth-order valence-electron chi connectivity index (χ4n) is 3.72. The van der Waals surface area contributed by atoms with E-state index in [0.29, 0.717) is 43.4 Å². The minimum Gasteiger partial charge on any atom is -0.378 e. The molecule has 3 aromatic rings. The zero-order valence-corrected chi connectivity index (χ0v) is 19.3. The SMILES string of the molecule is Cc1nn(C(=O)c2ccc(N3CCOCC3)c([N+](=O)[O-])c2)c(C)c1Sc1ccc([N+](=O)[O-])cc1. The molecule has 2 aromatic carbocycles. The lowest BCUT2D eigenvalue weighted by Gasteiger charge is -2.28. The largest absolute Gasteiger partial charge is 0.378 e. The number of morpholine rings is 1. The van der Waals surface area contributed by atoms with Gasteiger partial charge >= 0.3 is 0 Å². The normalized spacial score (nSPS) is 13.6. The van der Waals surface area contributed by atoms with Crippen LogP contribution in [0.15, 0.2) is 52.3 Å². The van der Waals surface area contributed by atoms with Gasteiger partial charge in [0.05, 0.1) is 39.3 Å². The Hall–Kier alpha value is -3.77. The maximum Gasteiger partial charge on any atom is 0.293 e. The molecule has 0 unspecified atom stereocenters. The van der Waals surface area contributed by atoms with Crippen molar-refractivity contribution < 1.29 is 19.4 Å². The number of rotatable bonds is 6. The highest BCUT2D eigenvalue weighted by Gasteiger charge is 2.25. The van der Waals surface area contributed by atoms with Crippen LogP contribution in [-0.4, -0.2) is 51.8 Å². The molecule has 0 saturated carbocycles. The fourth-order valence-corrected chi connectivity index (χ4v) is 4.65. The number of benzene rings is 2. The third-order valence-electron chi connectivity index (χ3n) is 5.46. The lowest BCUT2D eigenvalue weighted by atomic mass is 10.1. The van der Waals surface area contributed by atoms with Gasteiger partial charge in [-0.2, -0.15) is 9.78 Å². The molecular formula is C22H21N5O6S. The van der Waals surface area contributed by atoms with E-state index in [1.165, 1.54) is 34.6 Å². The van der Waals surface area contributed by atoms with Crippen molar-refractivity contribution in [2.24, 2.45) is 0 Å². The number of nitro groups is 2. The summed E-state index contributed by atoms with van der Waals surface area (Å²) in [4.78, 5) is 38.2. The van der Waals surface area contributed by atoms with E-state index in [9.17, 15) is 25.0 Å². The molecule has 1 saturated heterocycles. The summed E-state index contributed by atoms with van der Waals surface area (Å²) >= 11 is 1.34. The smallest absolute Gasteiger partial charge is 0.293 e. The number of hydrogen-bond acceptors (Lipinski definition) is 9. The van der Waals surface area contributed by atoms with Crippen molar-refractivity contribution in [3.8, 4) is 0 Å². The molecule has 11 nitrogen and oxygen atoms in total. The van der Waals surface area contributed by atoms with Crippen LogP contribution in [0.4, 0.5) is 17.1 Å². The molecular weight excluding hydrogens is 462 g/mol. The van der Waals surface area contributed by atoms with E-state index in [4.69, 9.17) is 4.74 Å². The lowest BCUT2D eigenvalue weighted by Crippen LogP contribution is -2.36. The molecule has 0 bridgehead atoms. The molecule has 1 fully saturated rings. The molecule has 1 aliphatic rings. The van der Waals surface area contributed by atoms with Crippen LogP contribution in [0.1, 0.15) is 21.7 Å². The number of ether oxygens (including phenoxy) is 1. The predicted molar refractivity (Wildman–Crippen MR) is 125 cm³/mol. The summed E-state index contributed by atoms with van der Waals surface area (Å²) < 4.78 is 6.55. The highest BCUT2D eigenvalue weighted by molar-refractivity contribution is 7.99. The molecule has 1 aromatic heterocycles. The highest BCUT2D eigenvalue weighted by atomic mass is 32.2. The number of anilines is 1. The highest BCUT2D eigenvalue weighted by Crippen LogP contribution is 2.35. The third kappa shape index (κ3) is 4.63. The first-order valence-corrected chi connectivity index (χ1v) is 11.2. The van der Waals surface area contributed by atoms with Gasteiger partial charge < -0.3 is 9.64 Å². The average Bonchev–Trinajstić information content (AvgIpc) is 3.12. The van der Waals surface area contributed by atoms with Crippen molar-refractivity contribution in [1.29, 1.82) is 0 Å². The van der Waals surface area contributed by atoms with Gasteiger partial charge in [0.15, 0.2) is 0 Å². The van der Waals surface area contributed by atoms with Gasteiger partial charge in [-0.25, -0.2) is 0 Å². The van der Waals surface area contributed by atoms with Crippen LogP contribution in [0.2, 0.25) is 0 Å². The zero-order valence-electron chi connectivity index (χ0n) is 18.5. The van der Waals surface area contributed by atoms with Crippen LogP contribution in [0.25, 0.3) is 0 Å². The Morgan fingerprint density at radius 3 is 2.32 bits per heavy atom. The molecule has 0 aliphatic carbocycles. The standard InChI is InChI=1S/C22H21N5O6S/c1-14-21(34-18-6-4-17(5-7-18)26(29)30)15(2)25(23-14)22(28)16-3-8-19(20(13-16)27(31)32)24-9-11-33-12-10-24/h3-8,13H,9-12H2,1-2H3. The summed E-state index contributed by atoms with van der Waals surface area (Å²) in [6.45, 7) is 5.54. The number of nitro benzene ring substituents is 2. The maximum atomic E-state index is 13.2. The number of hydrogen-bond donors (Lipinski definition) is 0. The van der Waals surface area contributed by atoms with Crippen molar-refractivity contribution in [3.63, 3.8) is 0 Å². The van der Waals surface area contributed by atoms with E-state index in [1.807, 2.05) is 4.90 Å². The van der Waals surface area contributed by atoms with Gasteiger partial charge in [-0.1, -0.05) is 11.8 Å². The van der Waals surface area contributed by atoms with Crippen LogP contribution < -0.4 is 4.90 Å². The predicted octanol–water partition coefficient (Wildman–Crippen LogP) is 3.99. The van der Waals surface area contributed by atoms with Crippen LogP contribution in [0.5, 0.6) is 0 Å². The van der Waals surface area contributed by atoms with E-state index in [2.05, 4.69) is 5.10 Å². The molecule has 34 heavy (non-hydrogen) atoms. The molecule has 0 N–H and O–H groups in total. The monoisotopic (exact) mass is 483 g/mol. The summed E-state index contributed by atoms with van der Waals surface area (Å²) in [7, 11) is 0. The van der Waals surface area contributed by atoms with Crippen molar-refractivity contribution in [1.82, 2.24) is 9.78 Å². The first-order chi connectivity index (χ1) is 16.3. The number of carbonyl (C=O) groups is 1. The topological polar surface area (TPSA) is 134 Å². The van der Waals surface area contributed by atoms with E-state index in [1.54, 1.807) is 38.1 Å². The molecule has 0 radical (unpaired) electrons. The molecule has 12 heteroatoms. The van der Waals surface area contributed by atoms with E-state index >= 15 is 0 Å². The summed E-state index contributed by atoms with van der Waals surface area (Å²) in [6.07, 6.45) is 0. The van der Waals surface area contributed by atoms with Crippen molar-refractivity contribution in [3.05, 3.63) is 79.6 Å². The number of carbonyl (C=O) groups excluding carboxylic acids is 1. The van der Waals surface area contributed by atoms with Crippen LogP contribution in [-0.2, 0) is 4.74 Å². The second-order valence-corrected chi connectivity index (χ2v) is 8.71. The van der Waals surface area contributed by atoms with Gasteiger partial charge in [-0.15, -0.1) is 0 Å². The van der Waals surface area contributed by atoms with Crippen molar-refractivity contribution >= 4 is 34.7 Å². The Morgan fingerprint density at radius 2 is 1.71 bits per heavy atom. The van der Waals surface area contributed by atoms with Crippen LogP contribution >= 0.6 is 11.8 Å². The van der Waals surface area contributed by atoms with Crippen LogP contribution in [0, 0.1) is 34.1 Å². The summed E-state index contributed by atoms with van der Waals surface area (Å²) in [6, 6.07) is 10.5. The van der Waals surface area contributed by atoms with Crippen molar-refractivity contribution in [2.75, 3.05) is 31.2 Å². The summed E-state index contributed by atoms with van der Waals surface area (Å²) in [5, 5.41) is 27.0.